The van der Waals surface area contributed by atoms with E-state index in [4.69, 9.17) is 23.7 Å². The van der Waals surface area contributed by atoms with E-state index in [1.165, 1.54) is 0 Å². The van der Waals surface area contributed by atoms with Crippen LogP contribution in [-0.2, 0) is 23.7 Å². The molecule has 0 amide bonds. The quantitative estimate of drug-likeness (QED) is 0.282. The van der Waals surface area contributed by atoms with Crippen LogP contribution in [0.25, 0.3) is 0 Å². The normalized spacial score (nSPS) is 40.3. The highest BCUT2D eigenvalue weighted by molar-refractivity contribution is 4.92. The molecule has 2 heterocycles. The topological polar surface area (TPSA) is 147 Å². The van der Waals surface area contributed by atoms with Crippen molar-refractivity contribution in [1.82, 2.24) is 0 Å². The van der Waals surface area contributed by atoms with E-state index in [1.807, 2.05) is 27.7 Å². The zero-order valence-electron chi connectivity index (χ0n) is 18.9. The first kappa shape index (κ1) is 26.8. The van der Waals surface area contributed by atoms with E-state index in [0.29, 0.717) is 12.8 Å². The minimum atomic E-state index is -1.44. The summed E-state index contributed by atoms with van der Waals surface area (Å²) in [5.74, 6) is 0. The summed E-state index contributed by atoms with van der Waals surface area (Å²) >= 11 is 0. The van der Waals surface area contributed by atoms with Crippen LogP contribution < -0.4 is 0 Å². The van der Waals surface area contributed by atoms with Crippen LogP contribution >= 0.6 is 0 Å². The molecule has 2 fully saturated rings. The smallest absolute Gasteiger partial charge is 0.186 e. The maximum absolute atomic E-state index is 10.7. The molecule has 9 unspecified atom stereocenters. The highest BCUT2D eigenvalue weighted by Crippen LogP contribution is 2.31. The molecule has 2 rings (SSSR count). The lowest BCUT2D eigenvalue weighted by Crippen LogP contribution is -2.63. The summed E-state index contributed by atoms with van der Waals surface area (Å²) in [5, 5.41) is 51.2. The molecule has 10 heteroatoms. The van der Waals surface area contributed by atoms with E-state index in [-0.39, 0.29) is 25.2 Å². The molecule has 0 aromatic carbocycles. The average Bonchev–Trinajstić information content (AvgIpc) is 2.77. The van der Waals surface area contributed by atoms with E-state index in [9.17, 15) is 25.5 Å². The Morgan fingerprint density at radius 3 is 2.00 bits per heavy atom. The molecule has 0 bridgehead atoms. The number of aliphatic hydroxyl groups is 5. The molecule has 31 heavy (non-hydrogen) atoms. The minimum Gasteiger partial charge on any atom is -0.394 e. The standard InChI is InChI=1S/C21H40O10/c1-5-11(4)27-14-8-13(24)20(29-15(14)9-22)31-19-16(10-23)30-21(18(26)17(19)25)28-12(6-2)7-3/h11-26H,5-10H2,1-4H3/t11-,13?,14?,15?,16?,17?,18?,19?,20?,21?/m0/s1. The Labute approximate surface area is 184 Å². The summed E-state index contributed by atoms with van der Waals surface area (Å²) in [5.41, 5.74) is 0. The van der Waals surface area contributed by atoms with Crippen LogP contribution in [-0.4, -0.2) is 106 Å². The molecule has 5 N–H and O–H groups in total. The van der Waals surface area contributed by atoms with Gasteiger partial charge in [0, 0.05) is 6.42 Å². The lowest BCUT2D eigenvalue weighted by atomic mass is 9.97. The highest BCUT2D eigenvalue weighted by Gasteiger charge is 2.49. The molecule has 0 radical (unpaired) electrons. The van der Waals surface area contributed by atoms with E-state index < -0.39 is 61.9 Å². The van der Waals surface area contributed by atoms with Crippen molar-refractivity contribution in [2.45, 2.75) is 121 Å². The van der Waals surface area contributed by atoms with Crippen LogP contribution in [0.4, 0.5) is 0 Å². The van der Waals surface area contributed by atoms with Crippen LogP contribution in [0.5, 0.6) is 0 Å². The van der Waals surface area contributed by atoms with Crippen LogP contribution in [0.3, 0.4) is 0 Å². The average molecular weight is 453 g/mol. The Bertz CT molecular complexity index is 503. The van der Waals surface area contributed by atoms with Crippen molar-refractivity contribution in [3.05, 3.63) is 0 Å². The van der Waals surface area contributed by atoms with Crippen molar-refractivity contribution in [3.8, 4) is 0 Å². The molecule has 0 saturated carbocycles. The summed E-state index contributed by atoms with van der Waals surface area (Å²) in [6, 6.07) is 0. The van der Waals surface area contributed by atoms with Gasteiger partial charge in [0.2, 0.25) is 0 Å². The van der Waals surface area contributed by atoms with Crippen LogP contribution in [0.2, 0.25) is 0 Å². The van der Waals surface area contributed by atoms with Gasteiger partial charge in [-0.05, 0) is 26.2 Å². The molecule has 2 aliphatic heterocycles. The van der Waals surface area contributed by atoms with Gasteiger partial charge in [-0.3, -0.25) is 0 Å². The third kappa shape index (κ3) is 6.80. The van der Waals surface area contributed by atoms with E-state index in [1.54, 1.807) is 0 Å². The SMILES string of the molecule is CCC(CC)OC1OC(CO)C(OC2OC(CO)C(O[C@@H](C)CC)CC2O)C(O)C1O. The van der Waals surface area contributed by atoms with Crippen LogP contribution in [0, 0.1) is 0 Å². The Morgan fingerprint density at radius 2 is 1.45 bits per heavy atom. The predicted octanol–water partition coefficient (Wildman–Crippen LogP) is -0.332. The molecule has 0 aromatic heterocycles. The Balaban J connectivity index is 2.05. The zero-order chi connectivity index (χ0) is 23.1. The zero-order valence-corrected chi connectivity index (χ0v) is 18.9. The van der Waals surface area contributed by atoms with Crippen molar-refractivity contribution in [2.24, 2.45) is 0 Å². The lowest BCUT2D eigenvalue weighted by Gasteiger charge is -2.46. The fraction of sp³-hybridized carbons (Fsp3) is 1.00. The van der Waals surface area contributed by atoms with Gasteiger partial charge in [-0.25, -0.2) is 0 Å². The maximum Gasteiger partial charge on any atom is 0.186 e. The van der Waals surface area contributed by atoms with Gasteiger partial charge in [0.25, 0.3) is 0 Å². The second-order valence-electron chi connectivity index (χ2n) is 8.30. The van der Waals surface area contributed by atoms with Gasteiger partial charge in [-0.15, -0.1) is 0 Å². The number of aliphatic hydroxyl groups excluding tert-OH is 5. The van der Waals surface area contributed by atoms with Gasteiger partial charge in [0.05, 0.1) is 31.5 Å². The molecule has 10 atom stereocenters. The lowest BCUT2D eigenvalue weighted by molar-refractivity contribution is -0.355. The predicted molar refractivity (Wildman–Crippen MR) is 109 cm³/mol. The summed E-state index contributed by atoms with van der Waals surface area (Å²) < 4.78 is 28.7. The molecular formula is C21H40O10. The molecule has 0 aliphatic carbocycles. The number of hydrogen-bond acceptors (Lipinski definition) is 10. The molecule has 10 nitrogen and oxygen atoms in total. The van der Waals surface area contributed by atoms with Crippen molar-refractivity contribution in [2.75, 3.05) is 13.2 Å². The second kappa shape index (κ2) is 12.7. The number of hydrogen-bond donors (Lipinski definition) is 5. The number of ether oxygens (including phenoxy) is 5. The minimum absolute atomic E-state index is 0.0678. The molecule has 0 spiro atoms. The third-order valence-corrected chi connectivity index (χ3v) is 6.02. The summed E-state index contributed by atoms with van der Waals surface area (Å²) in [6.45, 7) is 6.90. The maximum atomic E-state index is 10.7. The molecule has 0 aromatic rings. The fourth-order valence-electron chi connectivity index (χ4n) is 3.83. The van der Waals surface area contributed by atoms with Gasteiger partial charge in [-0.2, -0.15) is 0 Å². The summed E-state index contributed by atoms with van der Waals surface area (Å²) in [7, 11) is 0. The molecule has 184 valence electrons. The van der Waals surface area contributed by atoms with Crippen molar-refractivity contribution in [1.29, 1.82) is 0 Å². The van der Waals surface area contributed by atoms with Gasteiger partial charge < -0.3 is 49.2 Å². The van der Waals surface area contributed by atoms with Crippen LogP contribution in [0.15, 0.2) is 0 Å². The van der Waals surface area contributed by atoms with Gasteiger partial charge >= 0.3 is 0 Å². The van der Waals surface area contributed by atoms with E-state index in [2.05, 4.69) is 0 Å². The van der Waals surface area contributed by atoms with Gasteiger partial charge in [0.1, 0.15) is 36.6 Å². The monoisotopic (exact) mass is 452 g/mol. The Hall–Kier alpha value is -0.400. The Kier molecular flexibility index (Phi) is 11.0. The molecule has 2 aliphatic rings. The van der Waals surface area contributed by atoms with Gasteiger partial charge in [0.15, 0.2) is 12.6 Å². The van der Waals surface area contributed by atoms with Crippen LogP contribution in [0.1, 0.15) is 53.4 Å². The Morgan fingerprint density at radius 1 is 0.839 bits per heavy atom. The first-order chi connectivity index (χ1) is 14.8. The van der Waals surface area contributed by atoms with Gasteiger partial charge in [-0.1, -0.05) is 20.8 Å². The third-order valence-electron chi connectivity index (χ3n) is 6.02. The first-order valence-electron chi connectivity index (χ1n) is 11.3. The van der Waals surface area contributed by atoms with E-state index in [0.717, 1.165) is 6.42 Å². The summed E-state index contributed by atoms with van der Waals surface area (Å²) in [6.07, 6.45) is -7.59. The van der Waals surface area contributed by atoms with Crippen molar-refractivity contribution >= 4 is 0 Å². The first-order valence-corrected chi connectivity index (χ1v) is 11.3. The van der Waals surface area contributed by atoms with E-state index >= 15 is 0 Å². The second-order valence-corrected chi connectivity index (χ2v) is 8.30. The largest absolute Gasteiger partial charge is 0.394 e. The molecule has 2 saturated heterocycles. The van der Waals surface area contributed by atoms with Crippen molar-refractivity contribution < 1.29 is 49.2 Å². The fourth-order valence-corrected chi connectivity index (χ4v) is 3.83. The number of rotatable bonds is 11. The highest BCUT2D eigenvalue weighted by atomic mass is 16.7. The van der Waals surface area contributed by atoms with Crippen molar-refractivity contribution in [3.63, 3.8) is 0 Å². The molecular weight excluding hydrogens is 412 g/mol. The summed E-state index contributed by atoms with van der Waals surface area (Å²) in [4.78, 5) is 0.